The second-order valence-corrected chi connectivity index (χ2v) is 4.95. The van der Waals surface area contributed by atoms with Crippen LogP contribution in [0.4, 0.5) is 0 Å². The Hall–Kier alpha value is -0.260. The SMILES string of the molecule is CCC(CC)C12CC1CC1=C[C@@H]12. The van der Waals surface area contributed by atoms with E-state index < -0.39 is 0 Å². The van der Waals surface area contributed by atoms with Gasteiger partial charge in [0.05, 0.1) is 0 Å². The molecule has 3 rings (SSSR count). The van der Waals surface area contributed by atoms with Crippen LogP contribution >= 0.6 is 0 Å². The second kappa shape index (κ2) is 1.97. The van der Waals surface area contributed by atoms with Gasteiger partial charge in [0.25, 0.3) is 0 Å². The zero-order chi connectivity index (χ0) is 8.34. The largest absolute Gasteiger partial charge is 0.0769 e. The van der Waals surface area contributed by atoms with Crippen molar-refractivity contribution in [3.63, 3.8) is 0 Å². The zero-order valence-corrected chi connectivity index (χ0v) is 8.14. The van der Waals surface area contributed by atoms with Crippen LogP contribution in [0.3, 0.4) is 0 Å². The summed E-state index contributed by atoms with van der Waals surface area (Å²) >= 11 is 0. The van der Waals surface area contributed by atoms with Crippen LogP contribution in [0.2, 0.25) is 0 Å². The lowest BCUT2D eigenvalue weighted by atomic mass is 9.80. The van der Waals surface area contributed by atoms with Gasteiger partial charge < -0.3 is 0 Å². The van der Waals surface area contributed by atoms with E-state index in [9.17, 15) is 0 Å². The zero-order valence-electron chi connectivity index (χ0n) is 8.14. The molecule has 0 heterocycles. The molecule has 0 saturated heterocycles. The van der Waals surface area contributed by atoms with E-state index in [1.54, 1.807) is 6.42 Å². The fourth-order valence-electron chi connectivity index (χ4n) is 3.96. The first-order chi connectivity index (χ1) is 5.82. The Morgan fingerprint density at radius 2 is 2.25 bits per heavy atom. The van der Waals surface area contributed by atoms with E-state index >= 15 is 0 Å². The smallest absolute Gasteiger partial charge is 0.00420 e. The van der Waals surface area contributed by atoms with Crippen LogP contribution in [0.5, 0.6) is 0 Å². The third-order valence-corrected chi connectivity index (χ3v) is 4.68. The van der Waals surface area contributed by atoms with Crippen molar-refractivity contribution in [2.24, 2.45) is 23.2 Å². The van der Waals surface area contributed by atoms with Gasteiger partial charge in [0, 0.05) is 5.92 Å². The van der Waals surface area contributed by atoms with Crippen molar-refractivity contribution in [1.29, 1.82) is 0 Å². The Bertz CT molecular complexity index is 247. The van der Waals surface area contributed by atoms with E-state index in [-0.39, 0.29) is 0 Å². The van der Waals surface area contributed by atoms with E-state index in [1.165, 1.54) is 19.3 Å². The second-order valence-electron chi connectivity index (χ2n) is 4.95. The van der Waals surface area contributed by atoms with Crippen LogP contribution in [0.15, 0.2) is 11.6 Å². The number of hydrogen-bond donors (Lipinski definition) is 0. The number of fused-ring (bicyclic) bond motifs is 3. The van der Waals surface area contributed by atoms with E-state index in [0.29, 0.717) is 0 Å². The van der Waals surface area contributed by atoms with Crippen LogP contribution < -0.4 is 0 Å². The summed E-state index contributed by atoms with van der Waals surface area (Å²) in [7, 11) is 0. The minimum Gasteiger partial charge on any atom is -0.0769 e. The Morgan fingerprint density at radius 1 is 1.50 bits per heavy atom. The highest BCUT2D eigenvalue weighted by molar-refractivity contribution is 5.45. The van der Waals surface area contributed by atoms with Gasteiger partial charge in [-0.3, -0.25) is 0 Å². The van der Waals surface area contributed by atoms with Gasteiger partial charge in [-0.05, 0) is 30.1 Å². The molecule has 3 atom stereocenters. The van der Waals surface area contributed by atoms with Gasteiger partial charge in [0.1, 0.15) is 0 Å². The van der Waals surface area contributed by atoms with Gasteiger partial charge in [0.15, 0.2) is 0 Å². The molecule has 0 nitrogen and oxygen atoms in total. The molecule has 0 aromatic rings. The molecule has 0 amide bonds. The first-order valence-electron chi connectivity index (χ1n) is 5.53. The molecule has 0 radical (unpaired) electrons. The predicted molar refractivity (Wildman–Crippen MR) is 50.8 cm³/mol. The summed E-state index contributed by atoms with van der Waals surface area (Å²) in [5.41, 5.74) is 2.64. The van der Waals surface area contributed by atoms with E-state index in [0.717, 1.165) is 23.2 Å². The van der Waals surface area contributed by atoms with Crippen molar-refractivity contribution in [2.45, 2.75) is 39.5 Å². The highest BCUT2D eigenvalue weighted by atomic mass is 14.7. The highest BCUT2D eigenvalue weighted by Crippen LogP contribution is 2.77. The molecule has 12 heavy (non-hydrogen) atoms. The maximum atomic E-state index is 2.54. The molecule has 0 N–H and O–H groups in total. The van der Waals surface area contributed by atoms with Crippen molar-refractivity contribution in [3.05, 3.63) is 11.6 Å². The molecule has 0 spiro atoms. The lowest BCUT2D eigenvalue weighted by Gasteiger charge is -2.24. The van der Waals surface area contributed by atoms with Gasteiger partial charge in [-0.25, -0.2) is 0 Å². The number of rotatable bonds is 3. The first-order valence-corrected chi connectivity index (χ1v) is 5.53. The topological polar surface area (TPSA) is 0 Å². The van der Waals surface area contributed by atoms with E-state index in [4.69, 9.17) is 0 Å². The summed E-state index contributed by atoms with van der Waals surface area (Å²) in [5, 5.41) is 0. The molecule has 2 saturated carbocycles. The van der Waals surface area contributed by atoms with Gasteiger partial charge in [0.2, 0.25) is 0 Å². The average Bonchev–Trinajstić information content (AvgIpc) is 2.94. The number of hydrogen-bond acceptors (Lipinski definition) is 0. The van der Waals surface area contributed by atoms with Crippen molar-refractivity contribution in [2.75, 3.05) is 0 Å². The van der Waals surface area contributed by atoms with Crippen LogP contribution in [0, 0.1) is 23.2 Å². The summed E-state index contributed by atoms with van der Waals surface area (Å²) in [6.45, 7) is 4.75. The monoisotopic (exact) mass is 162 g/mol. The summed E-state index contributed by atoms with van der Waals surface area (Å²) in [6.07, 6.45) is 8.39. The lowest BCUT2D eigenvalue weighted by molar-refractivity contribution is 0.256. The van der Waals surface area contributed by atoms with Crippen molar-refractivity contribution < 1.29 is 0 Å². The minimum absolute atomic E-state index is 0.818. The molecule has 0 heteroatoms. The summed E-state index contributed by atoms with van der Waals surface area (Å²) < 4.78 is 0. The molecule has 0 bridgehead atoms. The fourth-order valence-corrected chi connectivity index (χ4v) is 3.96. The molecular formula is C12H18. The summed E-state index contributed by atoms with van der Waals surface area (Å²) in [6, 6.07) is 0. The van der Waals surface area contributed by atoms with Crippen LogP contribution in [0.1, 0.15) is 39.5 Å². The Kier molecular flexibility index (Phi) is 1.18. The third-order valence-electron chi connectivity index (χ3n) is 4.68. The highest BCUT2D eigenvalue weighted by Gasteiger charge is 2.69. The standard InChI is InChI=1S/C12H18/c1-3-9(4-2)12-7-10(12)5-8-6-11(8)12/h6,9-11H,3-5,7H2,1-2H3/t10?,11-,12?/m0/s1. The van der Waals surface area contributed by atoms with Gasteiger partial charge >= 0.3 is 0 Å². The van der Waals surface area contributed by atoms with Crippen molar-refractivity contribution in [1.82, 2.24) is 0 Å². The van der Waals surface area contributed by atoms with Crippen LogP contribution in [0.25, 0.3) is 0 Å². The maximum Gasteiger partial charge on any atom is 0.00420 e. The lowest BCUT2D eigenvalue weighted by Crippen LogP contribution is -2.18. The van der Waals surface area contributed by atoms with E-state index in [2.05, 4.69) is 19.9 Å². The van der Waals surface area contributed by atoms with Crippen LogP contribution in [-0.4, -0.2) is 0 Å². The molecule has 2 unspecified atom stereocenters. The van der Waals surface area contributed by atoms with Crippen molar-refractivity contribution in [3.8, 4) is 0 Å². The molecule has 2 fully saturated rings. The van der Waals surface area contributed by atoms with Crippen LogP contribution in [-0.2, 0) is 0 Å². The van der Waals surface area contributed by atoms with Gasteiger partial charge in [-0.15, -0.1) is 0 Å². The maximum absolute atomic E-state index is 2.54. The molecule has 66 valence electrons. The molecular weight excluding hydrogens is 144 g/mol. The summed E-state index contributed by atoms with van der Waals surface area (Å²) in [4.78, 5) is 0. The molecule has 0 aliphatic heterocycles. The molecule has 0 aromatic carbocycles. The first kappa shape index (κ1) is 7.17. The average molecular weight is 162 g/mol. The molecule has 3 aliphatic rings. The minimum atomic E-state index is 0.818. The Labute approximate surface area is 75.0 Å². The fraction of sp³-hybridized carbons (Fsp3) is 0.833. The molecule has 0 aromatic heterocycles. The van der Waals surface area contributed by atoms with Crippen molar-refractivity contribution >= 4 is 0 Å². The number of allylic oxidation sites excluding steroid dienone is 2. The molecule has 3 aliphatic carbocycles. The Morgan fingerprint density at radius 3 is 2.75 bits per heavy atom. The summed E-state index contributed by atoms with van der Waals surface area (Å²) in [5.74, 6) is 3.14. The third kappa shape index (κ3) is 0.616. The quantitative estimate of drug-likeness (QED) is 0.558. The van der Waals surface area contributed by atoms with Gasteiger partial charge in [-0.2, -0.15) is 0 Å². The van der Waals surface area contributed by atoms with E-state index in [1.807, 2.05) is 5.57 Å². The normalized spacial score (nSPS) is 47.1. The van der Waals surface area contributed by atoms with Gasteiger partial charge in [-0.1, -0.05) is 38.3 Å². The Balaban J connectivity index is 1.84. The predicted octanol–water partition coefficient (Wildman–Crippen LogP) is 3.39.